The first-order chi connectivity index (χ1) is 18.3. The van der Waals surface area contributed by atoms with E-state index in [2.05, 4.69) is 93.7 Å². The van der Waals surface area contributed by atoms with Crippen molar-refractivity contribution in [2.24, 2.45) is 0 Å². The van der Waals surface area contributed by atoms with Crippen LogP contribution in [-0.4, -0.2) is 4.30 Å². The van der Waals surface area contributed by atoms with Crippen molar-refractivity contribution in [1.29, 1.82) is 10.5 Å². The van der Waals surface area contributed by atoms with Gasteiger partial charge in [0, 0.05) is 18.3 Å². The minimum Gasteiger partial charge on any atom is -0.192 e. The molecule has 0 aliphatic heterocycles. The number of nitrogens with zero attached hydrogens (tertiary/aromatic N) is 2. The van der Waals surface area contributed by atoms with Crippen molar-refractivity contribution in [3.63, 3.8) is 0 Å². The number of nitriles is 2. The maximum atomic E-state index is 9.21. The van der Waals surface area contributed by atoms with Crippen LogP contribution in [-0.2, 0) is 0 Å². The van der Waals surface area contributed by atoms with Gasteiger partial charge in [-0.25, -0.2) is 0 Å². The van der Waals surface area contributed by atoms with Gasteiger partial charge in [0.2, 0.25) is 0 Å². The molecule has 0 heterocycles. The van der Waals surface area contributed by atoms with Gasteiger partial charge in [-0.1, -0.05) is 83.3 Å². The highest BCUT2D eigenvalue weighted by atomic mass is 127. The number of rotatable bonds is 2. The van der Waals surface area contributed by atoms with Crippen LogP contribution in [0.1, 0.15) is 11.1 Å². The number of hydrogen-bond acceptors (Lipinski definition) is 2. The molecule has 0 aliphatic carbocycles. The van der Waals surface area contributed by atoms with Crippen molar-refractivity contribution in [2.45, 2.75) is 4.30 Å². The van der Waals surface area contributed by atoms with Crippen LogP contribution in [0, 0.1) is 29.8 Å². The molecule has 0 amide bonds. The van der Waals surface area contributed by atoms with Crippen molar-refractivity contribution >= 4 is 112 Å². The Morgan fingerprint density at radius 3 is 1.21 bits per heavy atom. The zero-order chi connectivity index (χ0) is 27.0. The van der Waals surface area contributed by atoms with Crippen molar-refractivity contribution < 1.29 is 0 Å². The van der Waals surface area contributed by atoms with Gasteiger partial charge in [-0.15, -0.1) is 0 Å². The highest BCUT2D eigenvalue weighted by Gasteiger charge is 2.18. The summed E-state index contributed by atoms with van der Waals surface area (Å²) < 4.78 is 1.63. The lowest BCUT2D eigenvalue weighted by atomic mass is 9.87. The second kappa shape index (κ2) is 11.4. The average molecular weight is 776 g/mol. The Bertz CT molecular complexity index is 1750. The monoisotopic (exact) mass is 774 g/mol. The Kier molecular flexibility index (Phi) is 8.19. The summed E-state index contributed by atoms with van der Waals surface area (Å²) in [5, 5.41) is 25.8. The van der Waals surface area contributed by atoms with Crippen LogP contribution in [0.15, 0.2) is 84.9 Å². The maximum Gasteiger partial charge on any atom is 0.180 e. The molecule has 184 valence electrons. The molecule has 0 atom stereocenters. The van der Waals surface area contributed by atoms with E-state index in [0.717, 1.165) is 11.1 Å². The highest BCUT2D eigenvalue weighted by molar-refractivity contribution is 14.1. The van der Waals surface area contributed by atoms with Gasteiger partial charge >= 0.3 is 0 Å². The molecule has 6 aromatic carbocycles. The van der Waals surface area contributed by atoms with E-state index in [9.17, 15) is 10.5 Å². The predicted octanol–water partition coefficient (Wildman–Crippen LogP) is 10.9. The van der Waals surface area contributed by atoms with E-state index >= 15 is 0 Å². The molecule has 0 aliphatic rings. The van der Waals surface area contributed by atoms with Gasteiger partial charge in [-0.3, -0.25) is 0 Å². The smallest absolute Gasteiger partial charge is 0.180 e. The zero-order valence-corrected chi connectivity index (χ0v) is 26.0. The number of hydrogen-bond donors (Lipinski definition) is 0. The summed E-state index contributed by atoms with van der Waals surface area (Å²) in [5.74, 6) is 0. The first-order valence-electron chi connectivity index (χ1n) is 11.3. The summed E-state index contributed by atoms with van der Waals surface area (Å²) in [7, 11) is 0. The summed E-state index contributed by atoms with van der Waals surface area (Å²) in [4.78, 5) is 0. The van der Waals surface area contributed by atoms with E-state index in [1.54, 1.807) is 0 Å². The first-order valence-corrected chi connectivity index (χ1v) is 14.8. The fraction of sp³-hybridized carbons (Fsp3) is 0.0323. The molecule has 7 heteroatoms. The molecule has 0 unspecified atom stereocenters. The van der Waals surface area contributed by atoms with Crippen molar-refractivity contribution in [1.82, 2.24) is 0 Å². The SMILES string of the molecule is ClC(Cl)Cl.N#Cc1ccc(-c2c(I)cc3ccc4cc(I)c(-c5ccc(C#N)cc5)c5ccc2c3c45)cc1. The average Bonchev–Trinajstić information content (AvgIpc) is 2.91. The molecular formula is C31H15Cl3I2N2. The molecule has 2 nitrogen and oxygen atoms in total. The molecule has 0 fully saturated rings. The third kappa shape index (κ3) is 5.13. The lowest BCUT2D eigenvalue weighted by Crippen LogP contribution is -1.94. The van der Waals surface area contributed by atoms with Crippen LogP contribution in [0.4, 0.5) is 0 Å². The van der Waals surface area contributed by atoms with Gasteiger partial charge in [0.15, 0.2) is 4.30 Å². The Morgan fingerprint density at radius 1 is 0.553 bits per heavy atom. The molecule has 38 heavy (non-hydrogen) atoms. The largest absolute Gasteiger partial charge is 0.192 e. The summed E-state index contributed by atoms with van der Waals surface area (Å²) in [6.45, 7) is 0. The Balaban J connectivity index is 0.000000689. The molecule has 0 saturated heterocycles. The molecule has 0 radical (unpaired) electrons. The van der Waals surface area contributed by atoms with Gasteiger partial charge in [0.1, 0.15) is 0 Å². The maximum absolute atomic E-state index is 9.21. The fourth-order valence-corrected chi connectivity index (χ4v) is 6.77. The standard InChI is InChI=1S/C30H14I2N2.CHCl3/c31-25-13-21-9-10-22-14-26(32)28(20-7-3-18(16-34)4-8-20)24-12-11-23(29(21)30(22)24)27(25)19-5-1-17(15-33)2-6-19;2-1(3)4/h1-14H;1H. The summed E-state index contributed by atoms with van der Waals surface area (Å²) in [6.07, 6.45) is 0. The topological polar surface area (TPSA) is 47.6 Å². The van der Waals surface area contributed by atoms with Crippen LogP contribution < -0.4 is 0 Å². The third-order valence-electron chi connectivity index (χ3n) is 6.41. The quantitative estimate of drug-likeness (QED) is 0.0999. The Labute approximate surface area is 262 Å². The summed E-state index contributed by atoms with van der Waals surface area (Å²) in [6, 6.07) is 33.5. The van der Waals surface area contributed by atoms with Gasteiger partial charge in [0.25, 0.3) is 0 Å². The molecular weight excluding hydrogens is 761 g/mol. The molecule has 6 aromatic rings. The van der Waals surface area contributed by atoms with Crippen LogP contribution in [0.25, 0.3) is 54.6 Å². The van der Waals surface area contributed by atoms with E-state index in [0.29, 0.717) is 11.1 Å². The summed E-state index contributed by atoms with van der Waals surface area (Å²) >= 11 is 19.3. The van der Waals surface area contributed by atoms with Crippen LogP contribution in [0.3, 0.4) is 0 Å². The summed E-state index contributed by atoms with van der Waals surface area (Å²) in [5.41, 5.74) is 5.96. The van der Waals surface area contributed by atoms with E-state index in [1.807, 2.05) is 48.5 Å². The van der Waals surface area contributed by atoms with Crippen molar-refractivity contribution in [3.8, 4) is 34.4 Å². The molecule has 0 aromatic heterocycles. The minimum atomic E-state index is -0.750. The van der Waals surface area contributed by atoms with Gasteiger partial charge in [0.05, 0.1) is 23.3 Å². The fourth-order valence-electron chi connectivity index (χ4n) is 4.89. The Morgan fingerprint density at radius 2 is 0.895 bits per heavy atom. The Hall–Kier alpha value is -2.33. The number of halogens is 5. The molecule has 0 bridgehead atoms. The number of alkyl halides is 3. The second-order valence-electron chi connectivity index (χ2n) is 8.51. The van der Waals surface area contributed by atoms with Crippen molar-refractivity contribution in [2.75, 3.05) is 0 Å². The molecule has 0 spiro atoms. The lowest BCUT2D eigenvalue weighted by Gasteiger charge is -2.19. The van der Waals surface area contributed by atoms with E-state index in [-0.39, 0.29) is 0 Å². The molecule has 6 rings (SSSR count). The molecule has 0 N–H and O–H groups in total. The molecule has 0 saturated carbocycles. The van der Waals surface area contributed by atoms with Gasteiger partial charge < -0.3 is 0 Å². The lowest BCUT2D eigenvalue weighted by molar-refractivity contribution is 1.48. The van der Waals surface area contributed by atoms with Gasteiger partial charge in [-0.2, -0.15) is 10.5 Å². The van der Waals surface area contributed by atoms with Crippen LogP contribution >= 0.6 is 80.0 Å². The predicted molar refractivity (Wildman–Crippen MR) is 177 cm³/mol. The normalized spacial score (nSPS) is 10.9. The third-order valence-corrected chi connectivity index (χ3v) is 8.11. The van der Waals surface area contributed by atoms with E-state index in [1.165, 1.54) is 50.6 Å². The van der Waals surface area contributed by atoms with E-state index < -0.39 is 4.30 Å². The van der Waals surface area contributed by atoms with Crippen molar-refractivity contribution in [3.05, 3.63) is 103 Å². The minimum absolute atomic E-state index is 0.665. The second-order valence-corrected chi connectivity index (χ2v) is 12.8. The first kappa shape index (κ1) is 27.2. The van der Waals surface area contributed by atoms with Gasteiger partial charge in [-0.05, 0) is 125 Å². The number of benzene rings is 6. The van der Waals surface area contributed by atoms with E-state index in [4.69, 9.17) is 34.8 Å². The van der Waals surface area contributed by atoms with Crippen LogP contribution in [0.2, 0.25) is 0 Å². The highest BCUT2D eigenvalue weighted by Crippen LogP contribution is 2.45. The zero-order valence-electron chi connectivity index (χ0n) is 19.4. The van der Waals surface area contributed by atoms with Crippen LogP contribution in [0.5, 0.6) is 0 Å².